The Bertz CT molecular complexity index is 778. The van der Waals surface area contributed by atoms with E-state index in [0.717, 1.165) is 5.56 Å². The van der Waals surface area contributed by atoms with Crippen molar-refractivity contribution in [3.05, 3.63) is 48.0 Å². The van der Waals surface area contributed by atoms with Crippen molar-refractivity contribution in [2.75, 3.05) is 13.1 Å². The molecule has 1 saturated heterocycles. The standard InChI is InChI=1S/C17H22N2O3S/c1-13(2)18-23(20,21)19-10-16(11-19)22-12-15-8-5-7-14-6-3-4-9-17(14)15/h3-9,13,16,18H,10-12H2,1-2H3. The molecule has 0 aliphatic carbocycles. The Morgan fingerprint density at radius 3 is 2.61 bits per heavy atom. The first-order chi connectivity index (χ1) is 11.0. The SMILES string of the molecule is CC(C)NS(=O)(=O)N1CC(OCc2cccc3ccccc23)C1. The van der Waals surface area contributed by atoms with Crippen LogP contribution in [0.3, 0.4) is 0 Å². The second kappa shape index (κ2) is 6.57. The Morgan fingerprint density at radius 1 is 1.17 bits per heavy atom. The molecule has 0 atom stereocenters. The first-order valence-electron chi connectivity index (χ1n) is 7.81. The molecule has 6 heteroatoms. The van der Waals surface area contributed by atoms with Gasteiger partial charge in [0, 0.05) is 19.1 Å². The van der Waals surface area contributed by atoms with E-state index in [1.807, 2.05) is 32.0 Å². The van der Waals surface area contributed by atoms with Crippen molar-refractivity contribution < 1.29 is 13.2 Å². The maximum absolute atomic E-state index is 12.0. The van der Waals surface area contributed by atoms with Crippen LogP contribution in [0, 0.1) is 0 Å². The van der Waals surface area contributed by atoms with Crippen molar-refractivity contribution in [1.82, 2.24) is 9.03 Å². The summed E-state index contributed by atoms with van der Waals surface area (Å²) in [5, 5.41) is 2.37. The number of hydrogen-bond donors (Lipinski definition) is 1. The lowest BCUT2D eigenvalue weighted by Crippen LogP contribution is -2.58. The van der Waals surface area contributed by atoms with Crippen LogP contribution in [0.15, 0.2) is 42.5 Å². The first kappa shape index (κ1) is 16.4. The van der Waals surface area contributed by atoms with E-state index in [-0.39, 0.29) is 12.1 Å². The molecular weight excluding hydrogens is 312 g/mol. The highest BCUT2D eigenvalue weighted by molar-refractivity contribution is 7.87. The van der Waals surface area contributed by atoms with E-state index in [0.29, 0.717) is 19.7 Å². The third kappa shape index (κ3) is 3.72. The van der Waals surface area contributed by atoms with Gasteiger partial charge in [-0.3, -0.25) is 0 Å². The van der Waals surface area contributed by atoms with Gasteiger partial charge in [0.25, 0.3) is 10.2 Å². The lowest BCUT2D eigenvalue weighted by Gasteiger charge is -2.38. The van der Waals surface area contributed by atoms with Crippen molar-refractivity contribution in [2.24, 2.45) is 0 Å². The van der Waals surface area contributed by atoms with Gasteiger partial charge in [0.15, 0.2) is 0 Å². The Balaban J connectivity index is 1.57. The quantitative estimate of drug-likeness (QED) is 0.882. The molecule has 2 aromatic rings. The predicted octanol–water partition coefficient (Wildman–Crippen LogP) is 2.28. The normalized spacial score (nSPS) is 16.8. The first-order valence-corrected chi connectivity index (χ1v) is 9.25. The summed E-state index contributed by atoms with van der Waals surface area (Å²) in [6.07, 6.45) is -0.0438. The Kier molecular flexibility index (Phi) is 4.68. The van der Waals surface area contributed by atoms with Gasteiger partial charge in [-0.2, -0.15) is 17.4 Å². The number of ether oxygens (including phenoxy) is 1. The third-order valence-electron chi connectivity index (χ3n) is 3.89. The van der Waals surface area contributed by atoms with E-state index >= 15 is 0 Å². The van der Waals surface area contributed by atoms with Gasteiger partial charge in [-0.25, -0.2) is 0 Å². The zero-order valence-electron chi connectivity index (χ0n) is 13.4. The maximum atomic E-state index is 12.0. The van der Waals surface area contributed by atoms with E-state index in [9.17, 15) is 8.42 Å². The fourth-order valence-corrected chi connectivity index (χ4v) is 4.17. The second-order valence-electron chi connectivity index (χ2n) is 6.17. The van der Waals surface area contributed by atoms with Crippen molar-refractivity contribution in [2.45, 2.75) is 32.6 Å². The number of rotatable bonds is 6. The number of nitrogens with zero attached hydrogens (tertiary/aromatic N) is 1. The Hall–Kier alpha value is -1.47. The van der Waals surface area contributed by atoms with Crippen LogP contribution in [0.25, 0.3) is 10.8 Å². The summed E-state index contributed by atoms with van der Waals surface area (Å²) >= 11 is 0. The maximum Gasteiger partial charge on any atom is 0.279 e. The summed E-state index contributed by atoms with van der Waals surface area (Å²) < 4.78 is 33.8. The molecule has 2 aromatic carbocycles. The predicted molar refractivity (Wildman–Crippen MR) is 91.3 cm³/mol. The van der Waals surface area contributed by atoms with E-state index in [2.05, 4.69) is 29.0 Å². The van der Waals surface area contributed by atoms with Gasteiger partial charge in [0.05, 0.1) is 12.7 Å². The van der Waals surface area contributed by atoms with Gasteiger partial charge in [-0.1, -0.05) is 42.5 Å². The van der Waals surface area contributed by atoms with Crippen molar-refractivity contribution in [3.63, 3.8) is 0 Å². The van der Waals surface area contributed by atoms with Crippen LogP contribution >= 0.6 is 0 Å². The highest BCUT2D eigenvalue weighted by Gasteiger charge is 2.36. The minimum Gasteiger partial charge on any atom is -0.371 e. The fourth-order valence-electron chi connectivity index (χ4n) is 2.70. The minimum atomic E-state index is -3.37. The molecule has 5 nitrogen and oxygen atoms in total. The summed E-state index contributed by atoms with van der Waals surface area (Å²) in [6.45, 7) is 4.94. The molecule has 124 valence electrons. The summed E-state index contributed by atoms with van der Waals surface area (Å²) in [5.74, 6) is 0. The average molecular weight is 334 g/mol. The smallest absolute Gasteiger partial charge is 0.279 e. The highest BCUT2D eigenvalue weighted by Crippen LogP contribution is 2.22. The van der Waals surface area contributed by atoms with E-state index in [4.69, 9.17) is 4.74 Å². The molecule has 0 spiro atoms. The van der Waals surface area contributed by atoms with Crippen molar-refractivity contribution in [3.8, 4) is 0 Å². The topological polar surface area (TPSA) is 58.6 Å². The van der Waals surface area contributed by atoms with E-state index < -0.39 is 10.2 Å². The lowest BCUT2D eigenvalue weighted by atomic mass is 10.1. The van der Waals surface area contributed by atoms with Gasteiger partial charge in [0.1, 0.15) is 0 Å². The molecule has 0 radical (unpaired) electrons. The van der Waals surface area contributed by atoms with Crippen molar-refractivity contribution >= 4 is 21.0 Å². The summed E-state index contributed by atoms with van der Waals surface area (Å²) in [4.78, 5) is 0. The zero-order valence-corrected chi connectivity index (χ0v) is 14.2. The molecule has 1 aliphatic rings. The molecular formula is C17H22N2O3S. The minimum absolute atomic E-state index is 0.0438. The molecule has 0 amide bonds. The molecule has 1 fully saturated rings. The molecule has 0 aromatic heterocycles. The molecule has 0 unspecified atom stereocenters. The average Bonchev–Trinajstić information content (AvgIpc) is 2.44. The van der Waals surface area contributed by atoms with Crippen LogP contribution in [0.5, 0.6) is 0 Å². The van der Waals surface area contributed by atoms with Crippen LogP contribution in [0.1, 0.15) is 19.4 Å². The monoisotopic (exact) mass is 334 g/mol. The largest absolute Gasteiger partial charge is 0.371 e. The van der Waals surface area contributed by atoms with Crippen LogP contribution in [-0.4, -0.2) is 38.0 Å². The lowest BCUT2D eigenvalue weighted by molar-refractivity contribution is -0.0296. The van der Waals surface area contributed by atoms with Gasteiger partial charge in [-0.15, -0.1) is 0 Å². The molecule has 3 rings (SSSR count). The molecule has 1 heterocycles. The Labute approximate surface area is 137 Å². The number of hydrogen-bond acceptors (Lipinski definition) is 3. The van der Waals surface area contributed by atoms with Gasteiger partial charge in [-0.05, 0) is 30.2 Å². The molecule has 1 aliphatic heterocycles. The molecule has 0 saturated carbocycles. The highest BCUT2D eigenvalue weighted by atomic mass is 32.2. The number of benzene rings is 2. The van der Waals surface area contributed by atoms with Crippen molar-refractivity contribution in [1.29, 1.82) is 0 Å². The van der Waals surface area contributed by atoms with E-state index in [1.54, 1.807) is 0 Å². The van der Waals surface area contributed by atoms with Gasteiger partial charge in [0.2, 0.25) is 0 Å². The van der Waals surface area contributed by atoms with Crippen LogP contribution < -0.4 is 4.72 Å². The van der Waals surface area contributed by atoms with Gasteiger partial charge < -0.3 is 4.74 Å². The van der Waals surface area contributed by atoms with Crippen LogP contribution in [0.4, 0.5) is 0 Å². The summed E-state index contributed by atoms with van der Waals surface area (Å²) in [5.41, 5.74) is 1.13. The molecule has 0 bridgehead atoms. The summed E-state index contributed by atoms with van der Waals surface area (Å²) in [7, 11) is -3.37. The van der Waals surface area contributed by atoms with Crippen LogP contribution in [-0.2, 0) is 21.6 Å². The van der Waals surface area contributed by atoms with E-state index in [1.165, 1.54) is 15.1 Å². The second-order valence-corrected chi connectivity index (χ2v) is 7.87. The zero-order chi connectivity index (χ0) is 16.4. The number of fused-ring (bicyclic) bond motifs is 1. The third-order valence-corrected chi connectivity index (χ3v) is 5.64. The molecule has 23 heavy (non-hydrogen) atoms. The van der Waals surface area contributed by atoms with Crippen LogP contribution in [0.2, 0.25) is 0 Å². The Morgan fingerprint density at radius 2 is 1.87 bits per heavy atom. The summed E-state index contributed by atoms with van der Waals surface area (Å²) in [6, 6.07) is 14.2. The molecule has 1 N–H and O–H groups in total. The number of nitrogens with one attached hydrogen (secondary N) is 1. The van der Waals surface area contributed by atoms with Gasteiger partial charge >= 0.3 is 0 Å². The fraction of sp³-hybridized carbons (Fsp3) is 0.412.